The van der Waals surface area contributed by atoms with E-state index in [0.29, 0.717) is 0 Å². The Balaban J connectivity index is 2.56. The van der Waals surface area contributed by atoms with E-state index in [9.17, 15) is 23.8 Å². The second-order valence-electron chi connectivity index (χ2n) is 6.52. The zero-order valence-electron chi connectivity index (χ0n) is 14.0. The van der Waals surface area contributed by atoms with Crippen molar-refractivity contribution >= 4 is 6.09 Å². The van der Waals surface area contributed by atoms with E-state index in [1.54, 1.807) is 20.8 Å². The summed E-state index contributed by atoms with van der Waals surface area (Å²) in [5, 5.41) is 20.4. The van der Waals surface area contributed by atoms with Crippen LogP contribution in [0.5, 0.6) is 0 Å². The third kappa shape index (κ3) is 4.27. The fourth-order valence-corrected chi connectivity index (χ4v) is 2.54. The Morgan fingerprint density at radius 2 is 1.52 bits per heavy atom. The van der Waals surface area contributed by atoms with E-state index >= 15 is 0 Å². The molecule has 134 valence electrons. The van der Waals surface area contributed by atoms with E-state index in [1.807, 2.05) is 0 Å². The van der Waals surface area contributed by atoms with Gasteiger partial charge in [-0.15, -0.1) is 0 Å². The lowest BCUT2D eigenvalue weighted by molar-refractivity contribution is 0.00153. The number of pyridine rings is 2. The first-order valence-corrected chi connectivity index (χ1v) is 7.54. The molecule has 25 heavy (non-hydrogen) atoms. The van der Waals surface area contributed by atoms with Gasteiger partial charge in [0.05, 0.1) is 23.8 Å². The summed E-state index contributed by atoms with van der Waals surface area (Å²) in [6.07, 6.45) is -0.843. The predicted molar refractivity (Wildman–Crippen MR) is 85.7 cm³/mol. The summed E-state index contributed by atoms with van der Waals surface area (Å²) in [5.41, 5.74) is -0.668. The molecule has 0 bridgehead atoms. The first-order chi connectivity index (χ1) is 11.6. The monoisotopic (exact) mass is 351 g/mol. The molecule has 6 nitrogen and oxygen atoms in total. The van der Waals surface area contributed by atoms with Crippen molar-refractivity contribution in [3.05, 3.63) is 59.7 Å². The molecule has 2 heterocycles. The third-order valence-corrected chi connectivity index (χ3v) is 3.61. The summed E-state index contributed by atoms with van der Waals surface area (Å²) >= 11 is 0. The molecule has 2 aromatic heterocycles. The molecule has 0 aliphatic rings. The number of carbonyl (C=O) groups is 1. The SMILES string of the molecule is CC(C)(C)N(C(=O)O)C(c1ccc(F)cn1)C(O)c1ccc(F)cn1. The molecule has 2 atom stereocenters. The Morgan fingerprint density at radius 1 is 1.04 bits per heavy atom. The maximum absolute atomic E-state index is 13.2. The lowest BCUT2D eigenvalue weighted by Crippen LogP contribution is -2.49. The number of halogens is 2. The van der Waals surface area contributed by atoms with E-state index in [-0.39, 0.29) is 11.4 Å². The number of rotatable bonds is 4. The number of carboxylic acid groups (broad SMARTS) is 1. The second kappa shape index (κ2) is 7.10. The van der Waals surface area contributed by atoms with Crippen LogP contribution in [0.2, 0.25) is 0 Å². The smallest absolute Gasteiger partial charge is 0.408 e. The summed E-state index contributed by atoms with van der Waals surface area (Å²) in [5.74, 6) is -1.17. The number of aliphatic hydroxyl groups is 1. The van der Waals surface area contributed by atoms with Gasteiger partial charge in [0.25, 0.3) is 0 Å². The van der Waals surface area contributed by atoms with E-state index in [4.69, 9.17) is 0 Å². The molecule has 1 amide bonds. The van der Waals surface area contributed by atoms with Gasteiger partial charge in [0.2, 0.25) is 0 Å². The van der Waals surface area contributed by atoms with Crippen LogP contribution in [-0.2, 0) is 0 Å². The Morgan fingerprint density at radius 3 is 1.88 bits per heavy atom. The van der Waals surface area contributed by atoms with E-state index < -0.39 is 35.4 Å². The summed E-state index contributed by atoms with van der Waals surface area (Å²) in [6, 6.07) is 3.65. The zero-order chi connectivity index (χ0) is 18.8. The van der Waals surface area contributed by atoms with Crippen LogP contribution in [0.4, 0.5) is 13.6 Å². The number of hydrogen-bond acceptors (Lipinski definition) is 4. The Hall–Kier alpha value is -2.61. The molecule has 8 heteroatoms. The molecule has 0 saturated heterocycles. The van der Waals surface area contributed by atoms with Gasteiger partial charge in [-0.2, -0.15) is 0 Å². The molecule has 0 aromatic carbocycles. The van der Waals surface area contributed by atoms with Gasteiger partial charge in [0, 0.05) is 5.54 Å². The predicted octanol–water partition coefficient (Wildman–Crippen LogP) is 3.31. The van der Waals surface area contributed by atoms with Crippen molar-refractivity contribution in [2.24, 2.45) is 0 Å². The topological polar surface area (TPSA) is 86.6 Å². The first-order valence-electron chi connectivity index (χ1n) is 7.54. The third-order valence-electron chi connectivity index (χ3n) is 3.61. The number of aromatic nitrogens is 2. The summed E-state index contributed by atoms with van der Waals surface area (Å²) < 4.78 is 26.3. The van der Waals surface area contributed by atoms with Crippen molar-refractivity contribution < 1.29 is 23.8 Å². The maximum Gasteiger partial charge on any atom is 0.408 e. The fraction of sp³-hybridized carbons (Fsp3) is 0.353. The van der Waals surface area contributed by atoms with E-state index in [2.05, 4.69) is 9.97 Å². The first kappa shape index (κ1) is 18.7. The summed E-state index contributed by atoms with van der Waals surface area (Å²) in [7, 11) is 0. The Kier molecular flexibility index (Phi) is 5.32. The highest BCUT2D eigenvalue weighted by molar-refractivity contribution is 5.67. The summed E-state index contributed by atoms with van der Waals surface area (Å²) in [4.78, 5) is 20.6. The molecular weight excluding hydrogens is 332 g/mol. The minimum atomic E-state index is -1.42. The molecule has 2 rings (SSSR count). The van der Waals surface area contributed by atoms with Gasteiger partial charge in [-0.25, -0.2) is 13.6 Å². The summed E-state index contributed by atoms with van der Waals surface area (Å²) in [6.45, 7) is 4.97. The van der Waals surface area contributed by atoms with Gasteiger partial charge in [-0.3, -0.25) is 14.9 Å². The number of aliphatic hydroxyl groups excluding tert-OH is 1. The molecule has 2 N–H and O–H groups in total. The minimum absolute atomic E-state index is 0.0769. The van der Waals surface area contributed by atoms with Crippen LogP contribution in [0.1, 0.15) is 44.3 Å². The minimum Gasteiger partial charge on any atom is -0.465 e. The van der Waals surface area contributed by atoms with E-state index in [0.717, 1.165) is 29.4 Å². The molecule has 0 fully saturated rings. The lowest BCUT2D eigenvalue weighted by atomic mass is 9.95. The maximum atomic E-state index is 13.2. The fourth-order valence-electron chi connectivity index (χ4n) is 2.54. The highest BCUT2D eigenvalue weighted by Crippen LogP contribution is 2.36. The van der Waals surface area contributed by atoms with Gasteiger partial charge in [0.15, 0.2) is 0 Å². The number of nitrogens with zero attached hydrogens (tertiary/aromatic N) is 3. The molecule has 0 saturated carbocycles. The van der Waals surface area contributed by atoms with Crippen molar-refractivity contribution in [1.82, 2.24) is 14.9 Å². The van der Waals surface area contributed by atoms with E-state index in [1.165, 1.54) is 12.1 Å². The zero-order valence-corrected chi connectivity index (χ0v) is 14.0. The number of amides is 1. The average Bonchev–Trinajstić information content (AvgIpc) is 2.52. The van der Waals surface area contributed by atoms with Crippen LogP contribution in [0.25, 0.3) is 0 Å². The highest BCUT2D eigenvalue weighted by Gasteiger charge is 2.40. The van der Waals surface area contributed by atoms with Gasteiger partial charge in [0.1, 0.15) is 23.8 Å². The van der Waals surface area contributed by atoms with Gasteiger partial charge in [-0.1, -0.05) is 0 Å². The van der Waals surface area contributed by atoms with Crippen molar-refractivity contribution in [1.29, 1.82) is 0 Å². The molecule has 2 unspecified atom stereocenters. The molecular formula is C17H19F2N3O3. The van der Waals surface area contributed by atoms with Gasteiger partial charge < -0.3 is 10.2 Å². The van der Waals surface area contributed by atoms with Crippen molar-refractivity contribution in [3.8, 4) is 0 Å². The second-order valence-corrected chi connectivity index (χ2v) is 6.52. The van der Waals surface area contributed by atoms with Crippen LogP contribution in [0.15, 0.2) is 36.7 Å². The van der Waals surface area contributed by atoms with Crippen LogP contribution < -0.4 is 0 Å². The largest absolute Gasteiger partial charge is 0.465 e. The molecule has 0 aliphatic carbocycles. The Bertz CT molecular complexity index is 730. The van der Waals surface area contributed by atoms with Crippen molar-refractivity contribution in [2.75, 3.05) is 0 Å². The van der Waals surface area contributed by atoms with Crippen molar-refractivity contribution in [2.45, 2.75) is 38.5 Å². The van der Waals surface area contributed by atoms with Crippen molar-refractivity contribution in [3.63, 3.8) is 0 Å². The molecule has 0 spiro atoms. The standard InChI is InChI=1S/C17H19F2N3O3/c1-17(2,3)22(16(24)25)14(12-6-4-10(18)8-20-12)15(23)13-7-5-11(19)9-21-13/h4-9,14-15,23H,1-3H3,(H,24,25). The highest BCUT2D eigenvalue weighted by atomic mass is 19.1. The van der Waals surface area contributed by atoms with Crippen LogP contribution in [-0.4, -0.2) is 36.7 Å². The quantitative estimate of drug-likeness (QED) is 0.882. The van der Waals surface area contributed by atoms with Crippen LogP contribution in [0.3, 0.4) is 0 Å². The Labute approximate surface area is 143 Å². The van der Waals surface area contributed by atoms with Gasteiger partial charge in [-0.05, 0) is 45.0 Å². The molecule has 0 radical (unpaired) electrons. The molecule has 0 aliphatic heterocycles. The van der Waals surface area contributed by atoms with Crippen LogP contribution >= 0.6 is 0 Å². The van der Waals surface area contributed by atoms with Gasteiger partial charge >= 0.3 is 6.09 Å². The molecule has 2 aromatic rings. The van der Waals surface area contributed by atoms with Crippen LogP contribution in [0, 0.1) is 11.6 Å². The normalized spacial score (nSPS) is 14.0. The number of hydrogen-bond donors (Lipinski definition) is 2. The lowest BCUT2D eigenvalue weighted by Gasteiger charge is -2.41. The average molecular weight is 351 g/mol.